The Morgan fingerprint density at radius 2 is 1.56 bits per heavy atom. The molecule has 0 fully saturated rings. The number of carbonyl (C=O) groups is 1. The van der Waals surface area contributed by atoms with Crippen molar-refractivity contribution in [3.8, 4) is 0 Å². The number of hydrogen-bond donors (Lipinski definition) is 3. The first-order chi connectivity index (χ1) is 15.3. The van der Waals surface area contributed by atoms with Crippen molar-refractivity contribution in [2.45, 2.75) is 6.54 Å². The van der Waals surface area contributed by atoms with Crippen molar-refractivity contribution in [2.75, 3.05) is 16.4 Å². The monoisotopic (exact) mass is 433 g/mol. The smallest absolute Gasteiger partial charge is 0.278 e. The van der Waals surface area contributed by atoms with E-state index in [1.807, 2.05) is 12.1 Å². The normalized spacial score (nSPS) is 10.6. The molecule has 3 rings (SSSR count). The molecule has 0 bridgehead atoms. The van der Waals surface area contributed by atoms with Gasteiger partial charge in [-0.1, -0.05) is 36.4 Å². The second-order valence-corrected chi connectivity index (χ2v) is 6.76. The molecular weight excluding hydrogens is 414 g/mol. The number of nitrogens with one attached hydrogen (secondary N) is 2. The van der Waals surface area contributed by atoms with Gasteiger partial charge in [0.25, 0.3) is 11.4 Å². The fourth-order valence-electron chi connectivity index (χ4n) is 2.82. The van der Waals surface area contributed by atoms with Crippen molar-refractivity contribution in [3.05, 3.63) is 104 Å². The van der Waals surface area contributed by atoms with Crippen LogP contribution >= 0.6 is 0 Å². The lowest BCUT2D eigenvalue weighted by Gasteiger charge is -2.07. The number of carbonyl (C=O) groups excluding carboxylic acids is 1. The van der Waals surface area contributed by atoms with E-state index in [0.717, 1.165) is 17.2 Å². The number of nitrogen functional groups attached to an aromatic ring is 1. The molecule has 0 saturated heterocycles. The van der Waals surface area contributed by atoms with Crippen LogP contribution in [0.3, 0.4) is 0 Å². The summed E-state index contributed by atoms with van der Waals surface area (Å²) >= 11 is 0. The van der Waals surface area contributed by atoms with E-state index in [2.05, 4.69) is 10.6 Å². The molecule has 0 heterocycles. The molecular formula is C22H19N5O5. The second kappa shape index (κ2) is 9.85. The van der Waals surface area contributed by atoms with Gasteiger partial charge in [0.15, 0.2) is 0 Å². The molecule has 0 radical (unpaired) electrons. The Kier molecular flexibility index (Phi) is 6.76. The Bertz CT molecular complexity index is 1160. The topological polar surface area (TPSA) is 153 Å². The molecule has 0 aromatic heterocycles. The van der Waals surface area contributed by atoms with Crippen molar-refractivity contribution in [2.24, 2.45) is 0 Å². The molecule has 0 saturated carbocycles. The molecule has 0 aliphatic heterocycles. The maximum atomic E-state index is 12.1. The molecule has 32 heavy (non-hydrogen) atoms. The zero-order chi connectivity index (χ0) is 23.1. The van der Waals surface area contributed by atoms with Gasteiger partial charge in [0, 0.05) is 30.4 Å². The minimum atomic E-state index is -0.679. The highest BCUT2D eigenvalue weighted by Crippen LogP contribution is 2.26. The van der Waals surface area contributed by atoms with Crippen LogP contribution in [-0.2, 0) is 11.3 Å². The van der Waals surface area contributed by atoms with E-state index in [-0.39, 0.29) is 23.0 Å². The number of non-ortho nitro benzene ring substituents is 2. The number of rotatable bonds is 8. The Morgan fingerprint density at radius 1 is 0.938 bits per heavy atom. The van der Waals surface area contributed by atoms with Crippen molar-refractivity contribution >= 4 is 40.4 Å². The van der Waals surface area contributed by atoms with Crippen LogP contribution in [0.25, 0.3) is 6.08 Å². The quantitative estimate of drug-likeness (QED) is 0.206. The van der Waals surface area contributed by atoms with Gasteiger partial charge in [0.05, 0.1) is 27.3 Å². The first-order valence-electron chi connectivity index (χ1n) is 9.42. The van der Waals surface area contributed by atoms with Gasteiger partial charge in [-0.15, -0.1) is 0 Å². The molecule has 0 aliphatic rings. The zero-order valence-corrected chi connectivity index (χ0v) is 16.7. The first-order valence-corrected chi connectivity index (χ1v) is 9.42. The molecule has 3 aromatic rings. The van der Waals surface area contributed by atoms with E-state index in [0.29, 0.717) is 17.9 Å². The summed E-state index contributed by atoms with van der Waals surface area (Å²) in [6.45, 7) is 0.302. The predicted molar refractivity (Wildman–Crippen MR) is 122 cm³/mol. The lowest BCUT2D eigenvalue weighted by molar-refractivity contribution is -0.394. The summed E-state index contributed by atoms with van der Waals surface area (Å²) in [6.07, 6.45) is 3.04. The third-order valence-electron chi connectivity index (χ3n) is 4.45. The Labute approximate surface area is 182 Å². The van der Waals surface area contributed by atoms with Gasteiger partial charge in [0.1, 0.15) is 0 Å². The molecule has 10 nitrogen and oxygen atoms in total. The fraction of sp³-hybridized carbons (Fsp3) is 0.0455. The van der Waals surface area contributed by atoms with E-state index >= 15 is 0 Å². The number of nitrogens with two attached hydrogens (primary N) is 1. The number of anilines is 3. The molecule has 4 N–H and O–H groups in total. The van der Waals surface area contributed by atoms with Crippen LogP contribution in [0.4, 0.5) is 28.4 Å². The van der Waals surface area contributed by atoms with Gasteiger partial charge in [-0.25, -0.2) is 0 Å². The Balaban J connectivity index is 1.61. The lowest BCUT2D eigenvalue weighted by atomic mass is 10.1. The van der Waals surface area contributed by atoms with Gasteiger partial charge >= 0.3 is 0 Å². The van der Waals surface area contributed by atoms with Crippen molar-refractivity contribution < 1.29 is 14.6 Å². The van der Waals surface area contributed by atoms with Crippen LogP contribution in [0.5, 0.6) is 0 Å². The molecule has 1 amide bonds. The van der Waals surface area contributed by atoms with Crippen LogP contribution in [0, 0.1) is 20.2 Å². The van der Waals surface area contributed by atoms with Crippen LogP contribution in [-0.4, -0.2) is 15.8 Å². The maximum absolute atomic E-state index is 12.1. The van der Waals surface area contributed by atoms with Crippen molar-refractivity contribution in [3.63, 3.8) is 0 Å². The highest BCUT2D eigenvalue weighted by molar-refractivity contribution is 6.03. The molecule has 162 valence electrons. The molecule has 0 atom stereocenters. The number of hydrogen-bond acceptors (Lipinski definition) is 7. The number of amides is 1. The van der Waals surface area contributed by atoms with Crippen molar-refractivity contribution in [1.29, 1.82) is 0 Å². The first kappa shape index (κ1) is 22.0. The van der Waals surface area contributed by atoms with Gasteiger partial charge in [-0.2, -0.15) is 0 Å². The van der Waals surface area contributed by atoms with Gasteiger partial charge in [-0.05, 0) is 29.3 Å². The zero-order valence-electron chi connectivity index (χ0n) is 16.7. The Hall–Kier alpha value is -4.73. The van der Waals surface area contributed by atoms with E-state index < -0.39 is 9.85 Å². The van der Waals surface area contributed by atoms with E-state index in [4.69, 9.17) is 5.73 Å². The fourth-order valence-corrected chi connectivity index (χ4v) is 2.82. The van der Waals surface area contributed by atoms with Crippen LogP contribution in [0.15, 0.2) is 72.8 Å². The number of nitrogens with zero attached hydrogens (tertiary/aromatic N) is 2. The minimum absolute atomic E-state index is 0.270. The molecule has 0 spiro atoms. The average Bonchev–Trinajstić information content (AvgIpc) is 2.78. The van der Waals surface area contributed by atoms with E-state index in [1.54, 1.807) is 42.5 Å². The van der Waals surface area contributed by atoms with Gasteiger partial charge < -0.3 is 16.4 Å². The number of nitro benzene ring substituents is 2. The van der Waals surface area contributed by atoms with Crippen LogP contribution < -0.4 is 16.4 Å². The Morgan fingerprint density at radius 3 is 2.16 bits per heavy atom. The molecule has 10 heteroatoms. The molecule has 3 aromatic carbocycles. The number of benzene rings is 3. The summed E-state index contributed by atoms with van der Waals surface area (Å²) in [7, 11) is 0. The third kappa shape index (κ3) is 5.89. The standard InChI is InChI=1S/C22H19N5O5/c23-20-3-1-2-4-21(20)25-22(28)10-9-15-5-7-16(8-6-15)14-24-17-11-18(26(29)30)13-19(12-17)27(31)32/h1-13,24H,14,23H2,(H,25,28)/b10-9+. The van der Waals surface area contributed by atoms with E-state index in [9.17, 15) is 25.0 Å². The maximum Gasteiger partial charge on any atom is 0.278 e. The summed E-state index contributed by atoms with van der Waals surface area (Å²) < 4.78 is 0. The third-order valence-corrected chi connectivity index (χ3v) is 4.45. The SMILES string of the molecule is Nc1ccccc1NC(=O)/C=C/c1ccc(CNc2cc([N+](=O)[O-])cc([N+](=O)[O-])c2)cc1. The van der Waals surface area contributed by atoms with E-state index in [1.165, 1.54) is 18.2 Å². The average molecular weight is 433 g/mol. The summed E-state index contributed by atoms with van der Waals surface area (Å²) in [5.74, 6) is -0.319. The predicted octanol–water partition coefficient (Wildman–Crippen LogP) is 4.35. The highest BCUT2D eigenvalue weighted by Gasteiger charge is 2.16. The number of nitro groups is 2. The van der Waals surface area contributed by atoms with Gasteiger partial charge in [-0.3, -0.25) is 25.0 Å². The number of para-hydroxylation sites is 2. The highest BCUT2D eigenvalue weighted by atomic mass is 16.6. The summed E-state index contributed by atoms with van der Waals surface area (Å²) in [6, 6.07) is 17.6. The molecule has 0 unspecified atom stereocenters. The van der Waals surface area contributed by atoms with Crippen LogP contribution in [0.1, 0.15) is 11.1 Å². The summed E-state index contributed by atoms with van der Waals surface area (Å²) in [4.78, 5) is 32.7. The minimum Gasteiger partial charge on any atom is -0.397 e. The largest absolute Gasteiger partial charge is 0.397 e. The molecule has 0 aliphatic carbocycles. The summed E-state index contributed by atoms with van der Waals surface area (Å²) in [5, 5.41) is 27.6. The summed E-state index contributed by atoms with van der Waals surface area (Å²) in [5.41, 5.74) is 7.98. The van der Waals surface area contributed by atoms with Crippen LogP contribution in [0.2, 0.25) is 0 Å². The second-order valence-electron chi connectivity index (χ2n) is 6.76. The van der Waals surface area contributed by atoms with Crippen molar-refractivity contribution in [1.82, 2.24) is 0 Å². The lowest BCUT2D eigenvalue weighted by Crippen LogP contribution is -2.09. The van der Waals surface area contributed by atoms with Gasteiger partial charge in [0.2, 0.25) is 5.91 Å².